The van der Waals surface area contributed by atoms with Crippen LogP contribution >= 0.6 is 0 Å². The molecule has 0 aliphatic carbocycles. The van der Waals surface area contributed by atoms with Crippen LogP contribution in [0.4, 0.5) is 0 Å². The molecule has 0 radical (unpaired) electrons. The number of carboxylic acid groups (broad SMARTS) is 2. The fourth-order valence-electron chi connectivity index (χ4n) is 0.219. The standard InChI is InChI=1S/C4H5NO4/c5-1-2(3(6)7)4(8)9/h1H,5H2,(H,6,7)(H,8,9)/p-2. The Hall–Kier alpha value is -1.52. The molecule has 5 heteroatoms. The maximum absolute atomic E-state index is 9.69. The number of carbonyl (C=O) groups excluding carboxylic acids is 2. The zero-order valence-corrected chi connectivity index (χ0v) is 4.29. The minimum atomic E-state index is -1.85. The van der Waals surface area contributed by atoms with E-state index in [0.717, 1.165) is 0 Å². The van der Waals surface area contributed by atoms with Crippen LogP contribution in [0.5, 0.6) is 0 Å². The summed E-state index contributed by atoms with van der Waals surface area (Å²) in [5, 5.41) is 19.4. The molecule has 0 rings (SSSR count). The van der Waals surface area contributed by atoms with Crippen molar-refractivity contribution < 1.29 is 19.8 Å². The molecule has 0 saturated heterocycles. The Balaban J connectivity index is 4.38. The van der Waals surface area contributed by atoms with Crippen molar-refractivity contribution in [1.82, 2.24) is 0 Å². The molecule has 2 N–H and O–H groups in total. The van der Waals surface area contributed by atoms with Gasteiger partial charge in [0.2, 0.25) is 0 Å². The fourth-order valence-corrected chi connectivity index (χ4v) is 0.219. The lowest BCUT2D eigenvalue weighted by Crippen LogP contribution is -2.36. The van der Waals surface area contributed by atoms with E-state index < -0.39 is 17.5 Å². The highest BCUT2D eigenvalue weighted by Crippen LogP contribution is 1.83. The average Bonchev–Trinajstić information content (AvgIpc) is 1.64. The third kappa shape index (κ3) is 1.81. The van der Waals surface area contributed by atoms with E-state index in [9.17, 15) is 19.8 Å². The molecule has 0 heterocycles. The summed E-state index contributed by atoms with van der Waals surface area (Å²) in [6.45, 7) is 0. The molecule has 50 valence electrons. The van der Waals surface area contributed by atoms with Crippen LogP contribution in [0.15, 0.2) is 11.8 Å². The molecule has 0 atom stereocenters. The summed E-state index contributed by atoms with van der Waals surface area (Å²) in [6, 6.07) is 0. The van der Waals surface area contributed by atoms with E-state index in [2.05, 4.69) is 5.73 Å². The summed E-state index contributed by atoms with van der Waals surface area (Å²) >= 11 is 0. The van der Waals surface area contributed by atoms with Gasteiger partial charge in [-0.05, 0) is 0 Å². The maximum Gasteiger partial charge on any atom is 0.0748 e. The highest BCUT2D eigenvalue weighted by molar-refractivity contribution is 6.10. The van der Waals surface area contributed by atoms with Gasteiger partial charge in [0.25, 0.3) is 0 Å². The lowest BCUT2D eigenvalue weighted by Gasteiger charge is -2.06. The first-order valence-corrected chi connectivity index (χ1v) is 1.94. The van der Waals surface area contributed by atoms with E-state index in [4.69, 9.17) is 0 Å². The Kier molecular flexibility index (Phi) is 2.25. The van der Waals surface area contributed by atoms with Gasteiger partial charge in [0.15, 0.2) is 0 Å². The molecule has 9 heavy (non-hydrogen) atoms. The van der Waals surface area contributed by atoms with Crippen LogP contribution in [0, 0.1) is 0 Å². The van der Waals surface area contributed by atoms with Crippen molar-refractivity contribution in [2.45, 2.75) is 0 Å². The van der Waals surface area contributed by atoms with Gasteiger partial charge in [-0.15, -0.1) is 0 Å². The Bertz CT molecular complexity index is 155. The van der Waals surface area contributed by atoms with Crippen molar-refractivity contribution in [3.8, 4) is 0 Å². The third-order valence-corrected chi connectivity index (χ3v) is 0.606. The van der Waals surface area contributed by atoms with E-state index >= 15 is 0 Å². The Morgan fingerprint density at radius 1 is 1.22 bits per heavy atom. The number of carbonyl (C=O) groups is 2. The van der Waals surface area contributed by atoms with Gasteiger partial charge < -0.3 is 25.5 Å². The summed E-state index contributed by atoms with van der Waals surface area (Å²) in [7, 11) is 0. The lowest BCUT2D eigenvalue weighted by molar-refractivity contribution is -0.312. The van der Waals surface area contributed by atoms with Gasteiger partial charge in [-0.3, -0.25) is 0 Å². The van der Waals surface area contributed by atoms with Gasteiger partial charge in [-0.1, -0.05) is 0 Å². The molecular weight excluding hydrogens is 126 g/mol. The van der Waals surface area contributed by atoms with Gasteiger partial charge in [-0.2, -0.15) is 0 Å². The number of aliphatic carboxylic acids is 2. The number of nitrogens with two attached hydrogens (primary N) is 1. The predicted octanol–water partition coefficient (Wildman–Crippen LogP) is -3.67. The molecule has 0 aliphatic rings. The molecule has 0 amide bonds. The first kappa shape index (κ1) is 7.48. The van der Waals surface area contributed by atoms with Crippen LogP contribution in [0.2, 0.25) is 0 Å². The molecule has 0 unspecified atom stereocenters. The van der Waals surface area contributed by atoms with Crippen molar-refractivity contribution in [2.75, 3.05) is 0 Å². The van der Waals surface area contributed by atoms with Gasteiger partial charge >= 0.3 is 0 Å². The van der Waals surface area contributed by atoms with Crippen LogP contribution in [0.25, 0.3) is 0 Å². The van der Waals surface area contributed by atoms with Crippen molar-refractivity contribution in [1.29, 1.82) is 0 Å². The van der Waals surface area contributed by atoms with E-state index in [1.54, 1.807) is 0 Å². The molecule has 0 aliphatic heterocycles. The smallest absolute Gasteiger partial charge is 0.0748 e. The monoisotopic (exact) mass is 129 g/mol. The van der Waals surface area contributed by atoms with Gasteiger partial charge in [0.05, 0.1) is 11.9 Å². The summed E-state index contributed by atoms with van der Waals surface area (Å²) in [5.41, 5.74) is 3.52. The average molecular weight is 129 g/mol. The summed E-state index contributed by atoms with van der Waals surface area (Å²) < 4.78 is 0. The largest absolute Gasteiger partial charge is 0.545 e. The van der Waals surface area contributed by atoms with Crippen molar-refractivity contribution in [2.24, 2.45) is 5.73 Å². The van der Waals surface area contributed by atoms with Gasteiger partial charge in [0, 0.05) is 11.8 Å². The van der Waals surface area contributed by atoms with Gasteiger partial charge in [-0.25, -0.2) is 0 Å². The fraction of sp³-hybridized carbons (Fsp3) is 0. The summed E-state index contributed by atoms with van der Waals surface area (Å²) in [6.07, 6.45) is 0.407. The van der Waals surface area contributed by atoms with E-state index in [0.29, 0.717) is 6.20 Å². The number of hydrogen-bond donors (Lipinski definition) is 1. The number of hydrogen-bond acceptors (Lipinski definition) is 5. The second kappa shape index (κ2) is 2.71. The number of rotatable bonds is 2. The highest BCUT2D eigenvalue weighted by Gasteiger charge is 1.95. The molecule has 0 aromatic rings. The molecule has 0 fully saturated rings. The molecule has 0 spiro atoms. The first-order chi connectivity index (χ1) is 4.09. The van der Waals surface area contributed by atoms with Crippen LogP contribution in [0.3, 0.4) is 0 Å². The maximum atomic E-state index is 9.69. The first-order valence-electron chi connectivity index (χ1n) is 1.94. The second-order valence-electron chi connectivity index (χ2n) is 1.16. The van der Waals surface area contributed by atoms with Crippen LogP contribution < -0.4 is 15.9 Å². The van der Waals surface area contributed by atoms with Gasteiger partial charge in [0.1, 0.15) is 0 Å². The highest BCUT2D eigenvalue weighted by atomic mass is 16.4. The molecule has 0 aromatic heterocycles. The molecule has 5 nitrogen and oxygen atoms in total. The van der Waals surface area contributed by atoms with Crippen LogP contribution in [0.1, 0.15) is 0 Å². The Morgan fingerprint density at radius 3 is 1.56 bits per heavy atom. The predicted molar refractivity (Wildman–Crippen MR) is 22.3 cm³/mol. The van der Waals surface area contributed by atoms with Crippen LogP contribution in [-0.2, 0) is 9.59 Å². The second-order valence-corrected chi connectivity index (χ2v) is 1.16. The molecule has 0 saturated carbocycles. The van der Waals surface area contributed by atoms with Crippen molar-refractivity contribution in [3.63, 3.8) is 0 Å². The van der Waals surface area contributed by atoms with Crippen molar-refractivity contribution in [3.05, 3.63) is 11.8 Å². The van der Waals surface area contributed by atoms with Crippen LogP contribution in [-0.4, -0.2) is 11.9 Å². The Labute approximate surface area is 50.4 Å². The van der Waals surface area contributed by atoms with E-state index in [1.807, 2.05) is 0 Å². The SMILES string of the molecule is NC=C(C(=O)[O-])C(=O)[O-]. The Morgan fingerprint density at radius 2 is 1.56 bits per heavy atom. The zero-order valence-electron chi connectivity index (χ0n) is 4.29. The zero-order chi connectivity index (χ0) is 7.44. The molecular formula is C4H3NO4-2. The summed E-state index contributed by atoms with van der Waals surface area (Å²) in [4.78, 5) is 19.4. The van der Waals surface area contributed by atoms with E-state index in [1.165, 1.54) is 0 Å². The third-order valence-electron chi connectivity index (χ3n) is 0.606. The minimum Gasteiger partial charge on any atom is -0.545 e. The quantitative estimate of drug-likeness (QED) is 0.235. The van der Waals surface area contributed by atoms with Crippen molar-refractivity contribution >= 4 is 11.9 Å². The lowest BCUT2D eigenvalue weighted by atomic mass is 10.3. The molecule has 0 aromatic carbocycles. The number of carboxylic acids is 2. The summed E-state index contributed by atoms with van der Waals surface area (Å²) in [5.74, 6) is -3.70. The van der Waals surface area contributed by atoms with E-state index in [-0.39, 0.29) is 0 Å². The minimum absolute atomic E-state index is 0.407. The topological polar surface area (TPSA) is 106 Å². The normalized spacial score (nSPS) is 8.00. The molecule has 0 bridgehead atoms.